The van der Waals surface area contributed by atoms with Gasteiger partial charge in [-0.1, -0.05) is 24.3 Å². The highest BCUT2D eigenvalue weighted by atomic mass is 32.1. The molecule has 3 aromatic heterocycles. The number of amides is 1. The van der Waals surface area contributed by atoms with E-state index < -0.39 is 0 Å². The molecule has 8 heteroatoms. The number of carbonyl (C=O) groups excluding carboxylic acids is 1. The van der Waals surface area contributed by atoms with Crippen LogP contribution in [0.15, 0.2) is 68.1 Å². The minimum Gasteiger partial charge on any atom is -0.467 e. The van der Waals surface area contributed by atoms with Crippen LogP contribution in [0.3, 0.4) is 0 Å². The van der Waals surface area contributed by atoms with Crippen LogP contribution in [0.4, 0.5) is 0 Å². The fourth-order valence-corrected chi connectivity index (χ4v) is 5.85. The van der Waals surface area contributed by atoms with Gasteiger partial charge in [0.2, 0.25) is 5.91 Å². The first-order valence-electron chi connectivity index (χ1n) is 12.1. The van der Waals surface area contributed by atoms with E-state index in [1.54, 1.807) is 16.9 Å². The van der Waals surface area contributed by atoms with Crippen molar-refractivity contribution < 1.29 is 9.21 Å². The quantitative estimate of drug-likeness (QED) is 0.418. The summed E-state index contributed by atoms with van der Waals surface area (Å²) in [4.78, 5) is 39.3. The Hall–Kier alpha value is -3.39. The number of aromatic nitrogens is 2. The summed E-state index contributed by atoms with van der Waals surface area (Å²) < 4.78 is 9.03. The SMILES string of the molecule is Cc1ccccc1Cn1c(=O)n(CC2CCC(C(=O)NCc3ccco3)CC2)c(=O)c2sccc21. The highest BCUT2D eigenvalue weighted by Gasteiger charge is 2.27. The van der Waals surface area contributed by atoms with Gasteiger partial charge in [0.05, 0.1) is 24.9 Å². The molecule has 182 valence electrons. The maximum absolute atomic E-state index is 13.5. The van der Waals surface area contributed by atoms with E-state index in [0.717, 1.165) is 42.6 Å². The molecular formula is C27H29N3O4S. The van der Waals surface area contributed by atoms with Gasteiger partial charge in [-0.05, 0) is 73.2 Å². The molecule has 1 aromatic carbocycles. The van der Waals surface area contributed by atoms with Crippen molar-refractivity contribution in [2.24, 2.45) is 11.8 Å². The largest absolute Gasteiger partial charge is 0.467 e. The predicted octanol–water partition coefficient (Wildman–Crippen LogP) is 4.30. The topological polar surface area (TPSA) is 86.2 Å². The summed E-state index contributed by atoms with van der Waals surface area (Å²) in [5.41, 5.74) is 2.40. The van der Waals surface area contributed by atoms with Crippen LogP contribution in [0.1, 0.15) is 42.6 Å². The highest BCUT2D eigenvalue weighted by molar-refractivity contribution is 7.17. The molecule has 0 aliphatic heterocycles. The van der Waals surface area contributed by atoms with Gasteiger partial charge in [0.1, 0.15) is 10.5 Å². The van der Waals surface area contributed by atoms with Crippen molar-refractivity contribution >= 4 is 27.5 Å². The lowest BCUT2D eigenvalue weighted by Gasteiger charge is -2.28. The summed E-state index contributed by atoms with van der Waals surface area (Å²) in [6, 6.07) is 13.5. The Morgan fingerprint density at radius 1 is 1.06 bits per heavy atom. The van der Waals surface area contributed by atoms with E-state index in [1.807, 2.05) is 48.7 Å². The summed E-state index contributed by atoms with van der Waals surface area (Å²) in [6.07, 6.45) is 4.72. The van der Waals surface area contributed by atoms with Gasteiger partial charge in [-0.2, -0.15) is 0 Å². The first kappa shape index (κ1) is 23.4. The molecule has 1 aliphatic rings. The van der Waals surface area contributed by atoms with Crippen molar-refractivity contribution in [2.45, 2.75) is 52.2 Å². The van der Waals surface area contributed by atoms with Crippen LogP contribution in [0.5, 0.6) is 0 Å². The number of aryl methyl sites for hydroxylation is 1. The van der Waals surface area contributed by atoms with Gasteiger partial charge in [0.25, 0.3) is 5.56 Å². The summed E-state index contributed by atoms with van der Waals surface area (Å²) in [7, 11) is 0. The Balaban J connectivity index is 1.31. The average molecular weight is 492 g/mol. The van der Waals surface area contributed by atoms with Gasteiger partial charge in [0, 0.05) is 12.5 Å². The highest BCUT2D eigenvalue weighted by Crippen LogP contribution is 2.30. The van der Waals surface area contributed by atoms with Crippen LogP contribution in [0, 0.1) is 18.8 Å². The number of fused-ring (bicyclic) bond motifs is 1. The van der Waals surface area contributed by atoms with Crippen molar-refractivity contribution in [1.29, 1.82) is 0 Å². The molecule has 0 unspecified atom stereocenters. The summed E-state index contributed by atoms with van der Waals surface area (Å²) >= 11 is 1.38. The number of carbonyl (C=O) groups is 1. The zero-order valence-electron chi connectivity index (χ0n) is 19.7. The van der Waals surface area contributed by atoms with Crippen LogP contribution in [-0.4, -0.2) is 15.0 Å². The Bertz CT molecular complexity index is 1440. The average Bonchev–Trinajstić information content (AvgIpc) is 3.57. The Morgan fingerprint density at radius 2 is 1.86 bits per heavy atom. The Labute approximate surface area is 207 Å². The first-order chi connectivity index (χ1) is 17.0. The molecule has 3 heterocycles. The normalized spacial score (nSPS) is 18.1. The molecule has 1 fully saturated rings. The maximum atomic E-state index is 13.5. The molecule has 0 spiro atoms. The summed E-state index contributed by atoms with van der Waals surface area (Å²) in [5.74, 6) is 0.921. The third kappa shape index (κ3) is 4.89. The van der Waals surface area contributed by atoms with Crippen LogP contribution >= 0.6 is 11.3 Å². The zero-order chi connectivity index (χ0) is 24.4. The molecule has 4 aromatic rings. The van der Waals surface area contributed by atoms with Crippen molar-refractivity contribution in [3.8, 4) is 0 Å². The number of furan rings is 1. The molecule has 0 radical (unpaired) electrons. The minimum absolute atomic E-state index is 0.0395. The monoisotopic (exact) mass is 491 g/mol. The Morgan fingerprint density at radius 3 is 2.60 bits per heavy atom. The van der Waals surface area contributed by atoms with E-state index in [1.165, 1.54) is 15.9 Å². The van der Waals surface area contributed by atoms with Crippen molar-refractivity contribution in [2.75, 3.05) is 0 Å². The van der Waals surface area contributed by atoms with Crippen molar-refractivity contribution in [3.63, 3.8) is 0 Å². The van der Waals surface area contributed by atoms with Crippen LogP contribution in [0.2, 0.25) is 0 Å². The lowest BCUT2D eigenvalue weighted by molar-refractivity contribution is -0.126. The van der Waals surface area contributed by atoms with Crippen LogP contribution < -0.4 is 16.6 Å². The Kier molecular flexibility index (Phi) is 6.72. The fraction of sp³-hybridized carbons (Fsp3) is 0.370. The standard InChI is InChI=1S/C27H29N3O4S/c1-18-5-2-3-6-21(18)17-29-23-12-14-35-24(23)26(32)30(27(29)33)16-19-8-10-20(11-9-19)25(31)28-15-22-7-4-13-34-22/h2-7,12-14,19-20H,8-11,15-17H2,1H3,(H,28,31). The number of hydrogen-bond donors (Lipinski definition) is 1. The second-order valence-corrected chi connectivity index (χ2v) is 10.3. The number of nitrogens with one attached hydrogen (secondary N) is 1. The molecule has 1 amide bonds. The van der Waals surface area contributed by atoms with E-state index in [0.29, 0.717) is 29.9 Å². The smallest absolute Gasteiger partial charge is 0.331 e. The lowest BCUT2D eigenvalue weighted by Crippen LogP contribution is -2.42. The zero-order valence-corrected chi connectivity index (χ0v) is 20.6. The van der Waals surface area contributed by atoms with Gasteiger partial charge in [-0.25, -0.2) is 4.79 Å². The van der Waals surface area contributed by atoms with E-state index in [2.05, 4.69) is 5.32 Å². The molecule has 0 saturated heterocycles. The molecular weight excluding hydrogens is 462 g/mol. The second kappa shape index (κ2) is 10.1. The van der Waals surface area contributed by atoms with E-state index in [-0.39, 0.29) is 29.0 Å². The second-order valence-electron chi connectivity index (χ2n) is 9.36. The van der Waals surface area contributed by atoms with Gasteiger partial charge < -0.3 is 9.73 Å². The minimum atomic E-state index is -0.262. The van der Waals surface area contributed by atoms with Gasteiger partial charge in [-0.15, -0.1) is 11.3 Å². The van der Waals surface area contributed by atoms with Crippen LogP contribution in [0.25, 0.3) is 10.2 Å². The summed E-state index contributed by atoms with van der Waals surface area (Å²) in [6.45, 7) is 3.24. The van der Waals surface area contributed by atoms with Crippen molar-refractivity contribution in [3.05, 3.63) is 91.8 Å². The van der Waals surface area contributed by atoms with Crippen LogP contribution in [-0.2, 0) is 24.4 Å². The van der Waals surface area contributed by atoms with Crippen molar-refractivity contribution in [1.82, 2.24) is 14.5 Å². The molecule has 1 saturated carbocycles. The number of benzene rings is 1. The maximum Gasteiger partial charge on any atom is 0.331 e. The van der Waals surface area contributed by atoms with E-state index in [4.69, 9.17) is 4.42 Å². The first-order valence-corrected chi connectivity index (χ1v) is 12.9. The summed E-state index contributed by atoms with van der Waals surface area (Å²) in [5, 5.41) is 4.82. The number of thiophene rings is 1. The molecule has 1 N–H and O–H groups in total. The number of nitrogens with zero attached hydrogens (tertiary/aromatic N) is 2. The van der Waals surface area contributed by atoms with E-state index >= 15 is 0 Å². The lowest BCUT2D eigenvalue weighted by atomic mass is 9.81. The number of rotatable bonds is 7. The molecule has 0 bridgehead atoms. The number of hydrogen-bond acceptors (Lipinski definition) is 5. The predicted molar refractivity (Wildman–Crippen MR) is 137 cm³/mol. The molecule has 7 nitrogen and oxygen atoms in total. The molecule has 1 aliphatic carbocycles. The molecule has 35 heavy (non-hydrogen) atoms. The van der Waals surface area contributed by atoms with E-state index in [9.17, 15) is 14.4 Å². The fourth-order valence-electron chi connectivity index (χ4n) is 5.00. The molecule has 5 rings (SSSR count). The van der Waals surface area contributed by atoms with Gasteiger partial charge >= 0.3 is 5.69 Å². The molecule has 0 atom stereocenters. The van der Waals surface area contributed by atoms with Gasteiger partial charge in [0.15, 0.2) is 0 Å². The third-order valence-electron chi connectivity index (χ3n) is 7.10. The third-order valence-corrected chi connectivity index (χ3v) is 7.99. The van der Waals surface area contributed by atoms with Gasteiger partial charge in [-0.3, -0.25) is 18.7 Å².